The lowest BCUT2D eigenvalue weighted by Crippen LogP contribution is -2.53. The summed E-state index contributed by atoms with van der Waals surface area (Å²) in [4.78, 5) is 27.4. The fourth-order valence-corrected chi connectivity index (χ4v) is 7.39. The Hall–Kier alpha value is -3.57. The third-order valence-electron chi connectivity index (χ3n) is 8.79. The Balaban J connectivity index is 1.79. The van der Waals surface area contributed by atoms with Gasteiger partial charge in [-0.15, -0.1) is 0 Å². The molecule has 1 aliphatic carbocycles. The number of aromatic nitrogens is 1. The zero-order chi connectivity index (χ0) is 31.3. The molecular formula is C32H42N4O6S. The van der Waals surface area contributed by atoms with Gasteiger partial charge in [0.15, 0.2) is 0 Å². The van der Waals surface area contributed by atoms with Gasteiger partial charge in [0.1, 0.15) is 5.75 Å². The van der Waals surface area contributed by atoms with E-state index in [0.29, 0.717) is 24.6 Å². The lowest BCUT2D eigenvalue weighted by atomic mass is 9.81. The van der Waals surface area contributed by atoms with Crippen molar-refractivity contribution in [1.82, 2.24) is 18.5 Å². The van der Waals surface area contributed by atoms with Crippen molar-refractivity contribution in [2.45, 2.75) is 83.3 Å². The number of methoxy groups -OCH3 is 1. The van der Waals surface area contributed by atoms with Crippen LogP contribution in [0.1, 0.15) is 80.3 Å². The number of benzene rings is 2. The number of carbonyl (C=O) groups is 2. The molecule has 2 amide bonds. The van der Waals surface area contributed by atoms with Crippen LogP contribution in [0.2, 0.25) is 0 Å². The standard InChI is InChI=1S/C32H42N4O6S/c1-32(2,3)36(31(38)39)23-16-22-17-24(42-6)13-15-25(22)29-28(20-10-8-7-9-11-20)26-14-12-21(18-27(26)35(29)19-23)30(37)33-43(40,41)34(4)5/h12-15,17-18,20,23H,7-11,16,19H2,1-6H3,(H,33,37)(H,38,39). The zero-order valence-electron chi connectivity index (χ0n) is 25.8. The van der Waals surface area contributed by atoms with Gasteiger partial charge in [0.05, 0.1) is 18.8 Å². The van der Waals surface area contributed by atoms with E-state index in [0.717, 1.165) is 57.7 Å². The van der Waals surface area contributed by atoms with Crippen molar-refractivity contribution in [1.29, 1.82) is 0 Å². The molecule has 1 atom stereocenters. The summed E-state index contributed by atoms with van der Waals surface area (Å²) in [5, 5.41) is 11.4. The van der Waals surface area contributed by atoms with Gasteiger partial charge in [-0.1, -0.05) is 25.3 Å². The first kappa shape index (κ1) is 30.9. The quantitative estimate of drug-likeness (QED) is 0.375. The van der Waals surface area contributed by atoms with Gasteiger partial charge in [-0.2, -0.15) is 12.7 Å². The maximum absolute atomic E-state index is 13.2. The van der Waals surface area contributed by atoms with Crippen LogP contribution in [-0.4, -0.2) is 72.1 Å². The van der Waals surface area contributed by atoms with Gasteiger partial charge in [0.2, 0.25) is 0 Å². The van der Waals surface area contributed by atoms with Gasteiger partial charge in [-0.3, -0.25) is 9.69 Å². The maximum atomic E-state index is 13.2. The predicted molar refractivity (Wildman–Crippen MR) is 167 cm³/mol. The fourth-order valence-electron chi connectivity index (χ4n) is 6.86. The molecule has 2 aliphatic rings. The van der Waals surface area contributed by atoms with Crippen molar-refractivity contribution in [2.75, 3.05) is 21.2 Å². The summed E-state index contributed by atoms with van der Waals surface area (Å²) in [7, 11) is 0.362. The van der Waals surface area contributed by atoms with Crippen molar-refractivity contribution in [3.63, 3.8) is 0 Å². The molecule has 1 unspecified atom stereocenters. The van der Waals surface area contributed by atoms with Crippen LogP contribution < -0.4 is 9.46 Å². The van der Waals surface area contributed by atoms with E-state index >= 15 is 0 Å². The highest BCUT2D eigenvalue weighted by Crippen LogP contribution is 2.47. The van der Waals surface area contributed by atoms with Gasteiger partial charge < -0.3 is 14.4 Å². The SMILES string of the molecule is COc1ccc2c(c1)CC(N(C(=O)O)C(C)(C)C)Cn1c-2c(C2CCCCC2)c2ccc(C(=O)NS(=O)(=O)N(C)C)cc21. The highest BCUT2D eigenvalue weighted by molar-refractivity contribution is 7.87. The Bertz CT molecular complexity index is 1660. The Morgan fingerprint density at radius 1 is 1.05 bits per heavy atom. The molecule has 2 aromatic carbocycles. The molecule has 10 nitrogen and oxygen atoms in total. The van der Waals surface area contributed by atoms with Crippen LogP contribution in [-0.2, 0) is 23.2 Å². The van der Waals surface area contributed by atoms with Crippen LogP contribution >= 0.6 is 0 Å². The summed E-state index contributed by atoms with van der Waals surface area (Å²) < 4.78 is 35.8. The molecule has 0 saturated heterocycles. The number of nitrogens with zero attached hydrogens (tertiary/aromatic N) is 3. The molecule has 1 aliphatic heterocycles. The number of fused-ring (bicyclic) bond motifs is 5. The first-order valence-corrected chi connectivity index (χ1v) is 16.3. The third kappa shape index (κ3) is 5.84. The number of amides is 2. The fraction of sp³-hybridized carbons (Fsp3) is 0.500. The Kier molecular flexibility index (Phi) is 8.26. The minimum absolute atomic E-state index is 0.218. The van der Waals surface area contributed by atoms with Gasteiger partial charge in [0, 0.05) is 48.2 Å². The van der Waals surface area contributed by atoms with Crippen molar-refractivity contribution >= 4 is 33.1 Å². The first-order valence-electron chi connectivity index (χ1n) is 14.8. The summed E-state index contributed by atoms with van der Waals surface area (Å²) in [6.45, 7) is 6.07. The van der Waals surface area contributed by atoms with Crippen LogP contribution in [0.4, 0.5) is 4.79 Å². The first-order chi connectivity index (χ1) is 20.2. The van der Waals surface area contributed by atoms with Crippen molar-refractivity contribution < 1.29 is 27.9 Å². The molecule has 2 N–H and O–H groups in total. The zero-order valence-corrected chi connectivity index (χ0v) is 26.6. The second-order valence-electron chi connectivity index (χ2n) is 12.9. The molecule has 3 aromatic rings. The highest BCUT2D eigenvalue weighted by Gasteiger charge is 2.38. The van der Waals surface area contributed by atoms with E-state index in [2.05, 4.69) is 15.4 Å². The van der Waals surface area contributed by atoms with Crippen LogP contribution in [0, 0.1) is 0 Å². The molecular weight excluding hydrogens is 568 g/mol. The molecule has 2 heterocycles. The van der Waals surface area contributed by atoms with Crippen molar-refractivity contribution in [3.8, 4) is 17.0 Å². The molecule has 0 radical (unpaired) electrons. The van der Waals surface area contributed by atoms with Gasteiger partial charge in [0.25, 0.3) is 5.91 Å². The summed E-state index contributed by atoms with van der Waals surface area (Å²) in [5.41, 5.74) is 4.63. The van der Waals surface area contributed by atoms with Crippen LogP contribution in [0.5, 0.6) is 5.75 Å². The monoisotopic (exact) mass is 610 g/mol. The topological polar surface area (TPSA) is 121 Å². The van der Waals surface area contributed by atoms with E-state index < -0.39 is 33.8 Å². The summed E-state index contributed by atoms with van der Waals surface area (Å²) in [6, 6.07) is 11.0. The van der Waals surface area contributed by atoms with Crippen molar-refractivity contribution in [2.24, 2.45) is 0 Å². The number of carboxylic acid groups (broad SMARTS) is 1. The third-order valence-corrected chi connectivity index (χ3v) is 10.2. The number of rotatable bonds is 6. The molecule has 0 spiro atoms. The van der Waals surface area contributed by atoms with E-state index in [1.807, 2.05) is 39.0 Å². The molecule has 43 heavy (non-hydrogen) atoms. The number of hydrogen-bond acceptors (Lipinski definition) is 5. The van der Waals surface area contributed by atoms with Crippen molar-refractivity contribution in [3.05, 3.63) is 53.1 Å². The minimum atomic E-state index is -3.98. The van der Waals surface area contributed by atoms with Crippen LogP contribution in [0.3, 0.4) is 0 Å². The van der Waals surface area contributed by atoms with Gasteiger partial charge in [-0.25, -0.2) is 9.52 Å². The molecule has 0 bridgehead atoms. The van der Waals surface area contributed by atoms with E-state index in [9.17, 15) is 23.1 Å². The van der Waals surface area contributed by atoms with Gasteiger partial charge >= 0.3 is 16.3 Å². The lowest BCUT2D eigenvalue weighted by molar-refractivity contribution is 0.0651. The molecule has 11 heteroatoms. The smallest absolute Gasteiger partial charge is 0.408 e. The number of hydrogen-bond donors (Lipinski definition) is 2. The molecule has 1 saturated carbocycles. The maximum Gasteiger partial charge on any atom is 0.408 e. The number of ether oxygens (including phenoxy) is 1. The average molecular weight is 611 g/mol. The molecule has 1 fully saturated rings. The average Bonchev–Trinajstić information content (AvgIpc) is 3.15. The van der Waals surface area contributed by atoms with E-state index in [4.69, 9.17) is 4.74 Å². The predicted octanol–water partition coefficient (Wildman–Crippen LogP) is 5.60. The Labute approximate surface area is 253 Å². The largest absolute Gasteiger partial charge is 0.497 e. The summed E-state index contributed by atoms with van der Waals surface area (Å²) in [6.07, 6.45) is 5.06. The van der Waals surface area contributed by atoms with Crippen LogP contribution in [0.25, 0.3) is 22.2 Å². The van der Waals surface area contributed by atoms with E-state index in [-0.39, 0.29) is 5.56 Å². The van der Waals surface area contributed by atoms with E-state index in [1.54, 1.807) is 19.2 Å². The summed E-state index contributed by atoms with van der Waals surface area (Å²) >= 11 is 0. The molecule has 232 valence electrons. The van der Waals surface area contributed by atoms with Crippen LogP contribution in [0.15, 0.2) is 36.4 Å². The lowest BCUT2D eigenvalue weighted by Gasteiger charge is -2.39. The second kappa shape index (κ2) is 11.5. The number of nitrogens with one attached hydrogen (secondary N) is 1. The Morgan fingerprint density at radius 2 is 1.74 bits per heavy atom. The number of carbonyl (C=O) groups excluding carboxylic acids is 1. The molecule has 1 aromatic heterocycles. The second-order valence-corrected chi connectivity index (χ2v) is 14.7. The normalized spacial score (nSPS) is 17.7. The molecule has 5 rings (SSSR count). The summed E-state index contributed by atoms with van der Waals surface area (Å²) in [5.74, 6) is 0.300. The minimum Gasteiger partial charge on any atom is -0.497 e. The highest BCUT2D eigenvalue weighted by atomic mass is 32.2. The Morgan fingerprint density at radius 3 is 2.35 bits per heavy atom. The van der Waals surface area contributed by atoms with E-state index in [1.165, 1.54) is 31.0 Å². The van der Waals surface area contributed by atoms with Gasteiger partial charge in [-0.05, 0) is 87.4 Å².